The summed E-state index contributed by atoms with van der Waals surface area (Å²) in [6.07, 6.45) is 11.7. The fraction of sp³-hybridized carbons (Fsp3) is 0.152. The summed E-state index contributed by atoms with van der Waals surface area (Å²) in [7, 11) is 0. The number of allylic oxidation sites excluding steroid dienone is 4. The van der Waals surface area contributed by atoms with E-state index in [1.807, 2.05) is 0 Å². The summed E-state index contributed by atoms with van der Waals surface area (Å²) in [6.45, 7) is 6.31. The third kappa shape index (κ3) is 3.95. The maximum absolute atomic E-state index is 2.51. The molecule has 0 amide bonds. The smallest absolute Gasteiger partial charge is 0.0770 e. The van der Waals surface area contributed by atoms with E-state index in [4.69, 9.17) is 0 Å². The lowest BCUT2D eigenvalue weighted by atomic mass is 9.88. The second-order valence-electron chi connectivity index (χ2n) is 9.58. The number of rotatable bonds is 3. The van der Waals surface area contributed by atoms with Crippen molar-refractivity contribution in [2.45, 2.75) is 19.9 Å². The summed E-state index contributed by atoms with van der Waals surface area (Å²) in [5.41, 5.74) is 11.9. The molecule has 0 fully saturated rings. The van der Waals surface area contributed by atoms with Crippen molar-refractivity contribution < 1.29 is 0 Å². The van der Waals surface area contributed by atoms with Gasteiger partial charge < -0.3 is 9.80 Å². The van der Waals surface area contributed by atoms with Gasteiger partial charge in [-0.15, -0.1) is 0 Å². The van der Waals surface area contributed by atoms with Crippen molar-refractivity contribution in [3.8, 4) is 0 Å². The molecule has 3 aliphatic heterocycles. The van der Waals surface area contributed by atoms with Crippen LogP contribution in [0.3, 0.4) is 0 Å². The zero-order valence-corrected chi connectivity index (χ0v) is 20.4. The van der Waals surface area contributed by atoms with E-state index in [2.05, 4.69) is 139 Å². The highest BCUT2D eigenvalue weighted by molar-refractivity contribution is 5.87. The summed E-state index contributed by atoms with van der Waals surface area (Å²) >= 11 is 0. The van der Waals surface area contributed by atoms with Gasteiger partial charge in [0, 0.05) is 42.3 Å². The van der Waals surface area contributed by atoms with Crippen LogP contribution >= 0.6 is 0 Å². The SMILES string of the molecule is CC1=CC(c2ccccc2)N(/C=C2/CN3CC=CC(C)=C3c3ccccc32)C=C1c1ccccc1. The zero-order chi connectivity index (χ0) is 23.8. The number of benzene rings is 3. The van der Waals surface area contributed by atoms with Crippen LogP contribution in [0.5, 0.6) is 0 Å². The molecule has 172 valence electrons. The highest BCUT2D eigenvalue weighted by Gasteiger charge is 2.28. The Labute approximate surface area is 208 Å². The predicted molar refractivity (Wildman–Crippen MR) is 147 cm³/mol. The molecule has 0 N–H and O–H groups in total. The lowest BCUT2D eigenvalue weighted by Gasteiger charge is -2.39. The average Bonchev–Trinajstić information content (AvgIpc) is 2.90. The lowest BCUT2D eigenvalue weighted by Crippen LogP contribution is -2.32. The molecule has 0 saturated carbocycles. The van der Waals surface area contributed by atoms with Crippen LogP contribution in [0.1, 0.15) is 42.1 Å². The minimum absolute atomic E-state index is 0.156. The summed E-state index contributed by atoms with van der Waals surface area (Å²) < 4.78 is 0. The van der Waals surface area contributed by atoms with E-state index in [1.54, 1.807) is 0 Å². The van der Waals surface area contributed by atoms with Gasteiger partial charge in [-0.25, -0.2) is 0 Å². The van der Waals surface area contributed by atoms with E-state index in [9.17, 15) is 0 Å². The normalized spacial score (nSPS) is 20.4. The van der Waals surface area contributed by atoms with Gasteiger partial charge in [0.1, 0.15) is 0 Å². The van der Waals surface area contributed by atoms with E-state index in [-0.39, 0.29) is 6.04 Å². The Kier molecular flexibility index (Phi) is 5.50. The summed E-state index contributed by atoms with van der Waals surface area (Å²) in [4.78, 5) is 4.92. The molecule has 0 spiro atoms. The molecule has 0 saturated heterocycles. The third-order valence-electron chi connectivity index (χ3n) is 7.24. The first kappa shape index (κ1) is 21.5. The van der Waals surface area contributed by atoms with Crippen LogP contribution in [0.4, 0.5) is 0 Å². The quantitative estimate of drug-likeness (QED) is 0.400. The molecule has 3 heterocycles. The first-order valence-corrected chi connectivity index (χ1v) is 12.4. The van der Waals surface area contributed by atoms with Gasteiger partial charge in [-0.3, -0.25) is 0 Å². The first-order valence-electron chi connectivity index (χ1n) is 12.4. The van der Waals surface area contributed by atoms with Crippen LogP contribution in [0, 0.1) is 0 Å². The first-order chi connectivity index (χ1) is 17.2. The molecule has 1 atom stereocenters. The highest BCUT2D eigenvalue weighted by atomic mass is 15.2. The molecule has 1 unspecified atom stereocenters. The van der Waals surface area contributed by atoms with Crippen LogP contribution in [0.15, 0.2) is 127 Å². The summed E-state index contributed by atoms with van der Waals surface area (Å²) in [5.74, 6) is 0. The van der Waals surface area contributed by atoms with E-state index >= 15 is 0 Å². The average molecular weight is 455 g/mol. The number of hydrogen-bond acceptors (Lipinski definition) is 2. The number of hydrogen-bond donors (Lipinski definition) is 0. The summed E-state index contributed by atoms with van der Waals surface area (Å²) in [6, 6.07) is 30.6. The van der Waals surface area contributed by atoms with Crippen molar-refractivity contribution in [3.05, 3.63) is 149 Å². The second-order valence-corrected chi connectivity index (χ2v) is 9.58. The molecule has 2 heteroatoms. The van der Waals surface area contributed by atoms with Crippen molar-refractivity contribution >= 4 is 16.8 Å². The molecule has 0 bridgehead atoms. The minimum Gasteiger partial charge on any atom is -0.363 e. The van der Waals surface area contributed by atoms with Gasteiger partial charge in [0.05, 0.1) is 6.04 Å². The largest absolute Gasteiger partial charge is 0.363 e. The van der Waals surface area contributed by atoms with Gasteiger partial charge >= 0.3 is 0 Å². The Morgan fingerprint density at radius 1 is 0.800 bits per heavy atom. The maximum Gasteiger partial charge on any atom is 0.0770 e. The van der Waals surface area contributed by atoms with Gasteiger partial charge in [-0.2, -0.15) is 0 Å². The van der Waals surface area contributed by atoms with Gasteiger partial charge in [-0.05, 0) is 47.3 Å². The van der Waals surface area contributed by atoms with Gasteiger partial charge in [0.2, 0.25) is 0 Å². The topological polar surface area (TPSA) is 6.48 Å². The summed E-state index contributed by atoms with van der Waals surface area (Å²) in [5, 5.41) is 0. The Hall–Kier alpha value is -4.04. The van der Waals surface area contributed by atoms with E-state index in [0.29, 0.717) is 0 Å². The molecule has 3 aromatic rings. The van der Waals surface area contributed by atoms with Crippen molar-refractivity contribution in [2.24, 2.45) is 0 Å². The Morgan fingerprint density at radius 3 is 2.26 bits per heavy atom. The lowest BCUT2D eigenvalue weighted by molar-refractivity contribution is 0.427. The molecule has 2 nitrogen and oxygen atoms in total. The van der Waals surface area contributed by atoms with Crippen LogP contribution < -0.4 is 0 Å². The predicted octanol–water partition coefficient (Wildman–Crippen LogP) is 7.69. The molecule has 35 heavy (non-hydrogen) atoms. The van der Waals surface area contributed by atoms with Crippen molar-refractivity contribution in [2.75, 3.05) is 13.1 Å². The number of nitrogens with zero attached hydrogens (tertiary/aromatic N) is 2. The van der Waals surface area contributed by atoms with Crippen molar-refractivity contribution in [1.29, 1.82) is 0 Å². The second kappa shape index (κ2) is 8.96. The monoisotopic (exact) mass is 454 g/mol. The van der Waals surface area contributed by atoms with Gasteiger partial charge in [-0.1, -0.05) is 103 Å². The van der Waals surface area contributed by atoms with Crippen LogP contribution in [0.25, 0.3) is 16.8 Å². The molecule has 6 rings (SSSR count). The van der Waals surface area contributed by atoms with Crippen LogP contribution in [0.2, 0.25) is 0 Å². The fourth-order valence-corrected chi connectivity index (χ4v) is 5.55. The molecule has 3 aliphatic rings. The minimum atomic E-state index is 0.156. The van der Waals surface area contributed by atoms with Crippen molar-refractivity contribution in [3.63, 3.8) is 0 Å². The highest BCUT2D eigenvalue weighted by Crippen LogP contribution is 2.41. The van der Waals surface area contributed by atoms with Crippen LogP contribution in [-0.4, -0.2) is 22.9 Å². The van der Waals surface area contributed by atoms with E-state index in [0.717, 1.165) is 13.1 Å². The maximum atomic E-state index is 2.51. The number of fused-ring (bicyclic) bond motifs is 3. The Morgan fingerprint density at radius 2 is 1.49 bits per heavy atom. The standard InChI is InChI=1S/C33H30N2/c1-24-12-11-19-34-21-28(29-17-9-10-18-30(29)33(24)34)22-35-23-31(26-13-5-3-6-14-26)25(2)20-32(35)27-15-7-4-8-16-27/h3-18,20,22-23,32H,19,21H2,1-2H3/b28-22-. The molecular weight excluding hydrogens is 424 g/mol. The molecule has 0 radical (unpaired) electrons. The van der Waals surface area contributed by atoms with Crippen molar-refractivity contribution in [1.82, 2.24) is 9.80 Å². The van der Waals surface area contributed by atoms with Gasteiger partial charge in [0.25, 0.3) is 0 Å². The Balaban J connectivity index is 1.49. The molecule has 0 aliphatic carbocycles. The molecular formula is C33H30N2. The zero-order valence-electron chi connectivity index (χ0n) is 20.4. The molecule has 0 aromatic heterocycles. The molecule has 3 aromatic carbocycles. The van der Waals surface area contributed by atoms with E-state index in [1.165, 1.54) is 50.2 Å². The fourth-order valence-electron chi connectivity index (χ4n) is 5.55. The van der Waals surface area contributed by atoms with Crippen LogP contribution in [-0.2, 0) is 0 Å². The van der Waals surface area contributed by atoms with Gasteiger partial charge in [0.15, 0.2) is 0 Å². The van der Waals surface area contributed by atoms with E-state index < -0.39 is 0 Å². The Bertz CT molecular complexity index is 1400. The third-order valence-corrected chi connectivity index (χ3v) is 7.24.